The Morgan fingerprint density at radius 3 is 2.51 bits per heavy atom. The lowest BCUT2D eigenvalue weighted by Crippen LogP contribution is -2.25. The van der Waals surface area contributed by atoms with E-state index in [0.717, 1.165) is 49.5 Å². The summed E-state index contributed by atoms with van der Waals surface area (Å²) in [6, 6.07) is 25.6. The van der Waals surface area contributed by atoms with Gasteiger partial charge in [-0.15, -0.1) is 0 Å². The van der Waals surface area contributed by atoms with Crippen molar-refractivity contribution in [3.8, 4) is 22.8 Å². The Hall–Kier alpha value is -3.41. The van der Waals surface area contributed by atoms with E-state index >= 15 is 0 Å². The molecule has 0 saturated heterocycles. The van der Waals surface area contributed by atoms with Crippen molar-refractivity contribution in [2.24, 2.45) is 0 Å². The minimum absolute atomic E-state index is 0.219. The van der Waals surface area contributed by atoms with Gasteiger partial charge < -0.3 is 19.7 Å². The first-order valence-electron chi connectivity index (χ1n) is 13.3. The van der Waals surface area contributed by atoms with Gasteiger partial charge in [0.2, 0.25) is 5.88 Å². The van der Waals surface area contributed by atoms with Gasteiger partial charge in [-0.25, -0.2) is 4.98 Å². The van der Waals surface area contributed by atoms with Gasteiger partial charge in [0.25, 0.3) is 0 Å². The highest BCUT2D eigenvalue weighted by Crippen LogP contribution is 2.32. The molecular weight excluding hydrogens is 458 g/mol. The molecule has 194 valence electrons. The molecule has 0 amide bonds. The highest BCUT2D eigenvalue weighted by Gasteiger charge is 2.12. The topological polar surface area (TPSA) is 46.6 Å². The minimum Gasteiger partial charge on any atom is -0.496 e. The van der Waals surface area contributed by atoms with Crippen LogP contribution in [0.15, 0.2) is 79.0 Å². The number of nitrogens with zero attached hydrogens (tertiary/aromatic N) is 2. The van der Waals surface area contributed by atoms with Crippen LogP contribution in [0.3, 0.4) is 0 Å². The smallest absolute Gasteiger partial charge is 0.213 e. The lowest BCUT2D eigenvalue weighted by atomic mass is 9.99. The van der Waals surface area contributed by atoms with Crippen LogP contribution in [-0.4, -0.2) is 43.2 Å². The van der Waals surface area contributed by atoms with E-state index in [0.29, 0.717) is 12.5 Å². The molecule has 1 aromatic heterocycles. The summed E-state index contributed by atoms with van der Waals surface area (Å²) in [7, 11) is 1.71. The van der Waals surface area contributed by atoms with Crippen LogP contribution in [0, 0.1) is 0 Å². The number of fused-ring (bicyclic) bond motifs is 1. The maximum Gasteiger partial charge on any atom is 0.213 e. The Morgan fingerprint density at radius 1 is 0.946 bits per heavy atom. The van der Waals surface area contributed by atoms with E-state index in [1.54, 1.807) is 7.11 Å². The summed E-state index contributed by atoms with van der Waals surface area (Å²) in [6.45, 7) is 11.2. The normalized spacial score (nSPS) is 12.1. The average Bonchev–Trinajstić information content (AvgIpc) is 2.96. The van der Waals surface area contributed by atoms with Crippen LogP contribution in [0.5, 0.6) is 11.6 Å². The van der Waals surface area contributed by atoms with Crippen LogP contribution in [-0.2, 0) is 6.54 Å². The molecule has 5 heteroatoms. The van der Waals surface area contributed by atoms with Gasteiger partial charge in [0.05, 0.1) is 13.7 Å². The van der Waals surface area contributed by atoms with Crippen molar-refractivity contribution in [2.75, 3.05) is 33.4 Å². The van der Waals surface area contributed by atoms with Crippen LogP contribution < -0.4 is 14.8 Å². The zero-order chi connectivity index (χ0) is 26.0. The van der Waals surface area contributed by atoms with E-state index in [2.05, 4.69) is 96.6 Å². The van der Waals surface area contributed by atoms with Crippen LogP contribution in [0.1, 0.15) is 44.4 Å². The fourth-order valence-corrected chi connectivity index (χ4v) is 4.73. The summed E-state index contributed by atoms with van der Waals surface area (Å²) in [4.78, 5) is 6.95. The van der Waals surface area contributed by atoms with Gasteiger partial charge in [0.15, 0.2) is 0 Å². The molecule has 3 aromatic carbocycles. The number of methoxy groups -OCH3 is 1. The van der Waals surface area contributed by atoms with Gasteiger partial charge in [0.1, 0.15) is 5.75 Å². The first-order chi connectivity index (χ1) is 18.1. The van der Waals surface area contributed by atoms with E-state index in [4.69, 9.17) is 9.47 Å². The number of hydrogen-bond donors (Lipinski definition) is 1. The van der Waals surface area contributed by atoms with Crippen molar-refractivity contribution < 1.29 is 9.47 Å². The SMILES string of the molecule is CCN(CC)CCCOc1ccc(-c2cc(CN[C@H](C)c3cccc4ccccc34)ccc2OC)cn1. The predicted molar refractivity (Wildman–Crippen MR) is 153 cm³/mol. The number of rotatable bonds is 13. The Morgan fingerprint density at radius 2 is 1.76 bits per heavy atom. The van der Waals surface area contributed by atoms with Crippen LogP contribution >= 0.6 is 0 Å². The maximum atomic E-state index is 5.88. The molecule has 37 heavy (non-hydrogen) atoms. The van der Waals surface area contributed by atoms with Crippen molar-refractivity contribution in [3.63, 3.8) is 0 Å². The van der Waals surface area contributed by atoms with Crippen LogP contribution in [0.4, 0.5) is 0 Å². The fraction of sp³-hybridized carbons (Fsp3) is 0.344. The van der Waals surface area contributed by atoms with Gasteiger partial charge in [-0.3, -0.25) is 0 Å². The second kappa shape index (κ2) is 13.2. The third-order valence-electron chi connectivity index (χ3n) is 6.98. The number of nitrogens with one attached hydrogen (secondary N) is 1. The number of aromatic nitrogens is 1. The molecule has 5 nitrogen and oxygen atoms in total. The van der Waals surface area contributed by atoms with Crippen LogP contribution in [0.2, 0.25) is 0 Å². The number of hydrogen-bond acceptors (Lipinski definition) is 5. The summed E-state index contributed by atoms with van der Waals surface area (Å²) in [6.07, 6.45) is 2.86. The lowest BCUT2D eigenvalue weighted by Gasteiger charge is -2.18. The van der Waals surface area contributed by atoms with Crippen molar-refractivity contribution in [1.29, 1.82) is 0 Å². The molecule has 0 bridgehead atoms. The zero-order valence-electron chi connectivity index (χ0n) is 22.5. The number of pyridine rings is 1. The quantitative estimate of drug-likeness (QED) is 0.204. The summed E-state index contributed by atoms with van der Waals surface area (Å²) >= 11 is 0. The van der Waals surface area contributed by atoms with E-state index in [1.807, 2.05) is 18.3 Å². The van der Waals surface area contributed by atoms with Gasteiger partial charge in [-0.1, -0.05) is 62.4 Å². The van der Waals surface area contributed by atoms with E-state index < -0.39 is 0 Å². The molecular formula is C32H39N3O2. The Kier molecular flexibility index (Phi) is 9.52. The number of benzene rings is 3. The average molecular weight is 498 g/mol. The first kappa shape index (κ1) is 26.6. The second-order valence-electron chi connectivity index (χ2n) is 9.32. The van der Waals surface area contributed by atoms with Crippen LogP contribution in [0.25, 0.3) is 21.9 Å². The van der Waals surface area contributed by atoms with Gasteiger partial charge in [-0.2, -0.15) is 0 Å². The third kappa shape index (κ3) is 6.88. The van der Waals surface area contributed by atoms with Crippen molar-refractivity contribution in [3.05, 3.63) is 90.1 Å². The molecule has 4 aromatic rings. The molecule has 0 unspecified atom stereocenters. The summed E-state index contributed by atoms with van der Waals surface area (Å²) in [5.41, 5.74) is 4.54. The summed E-state index contributed by atoms with van der Waals surface area (Å²) in [5, 5.41) is 6.26. The molecule has 1 heterocycles. The van der Waals surface area contributed by atoms with E-state index in [1.165, 1.54) is 21.9 Å². The molecule has 0 saturated carbocycles. The molecule has 1 atom stereocenters. The lowest BCUT2D eigenvalue weighted by molar-refractivity contribution is 0.244. The molecule has 0 aliphatic carbocycles. The molecule has 0 aliphatic rings. The van der Waals surface area contributed by atoms with Gasteiger partial charge in [0, 0.05) is 42.5 Å². The molecule has 0 fully saturated rings. The summed E-state index contributed by atoms with van der Waals surface area (Å²) in [5.74, 6) is 1.49. The fourth-order valence-electron chi connectivity index (χ4n) is 4.73. The van der Waals surface area contributed by atoms with Crippen molar-refractivity contribution >= 4 is 10.8 Å². The highest BCUT2D eigenvalue weighted by atomic mass is 16.5. The number of ether oxygens (including phenoxy) is 2. The maximum absolute atomic E-state index is 5.88. The van der Waals surface area contributed by atoms with Gasteiger partial charge in [-0.05, 0) is 66.5 Å². The Balaban J connectivity index is 1.41. The van der Waals surface area contributed by atoms with Gasteiger partial charge >= 0.3 is 0 Å². The third-order valence-corrected chi connectivity index (χ3v) is 6.98. The van der Waals surface area contributed by atoms with E-state index in [9.17, 15) is 0 Å². The molecule has 0 radical (unpaired) electrons. The second-order valence-corrected chi connectivity index (χ2v) is 9.32. The largest absolute Gasteiger partial charge is 0.496 e. The molecule has 1 N–H and O–H groups in total. The van der Waals surface area contributed by atoms with Crippen molar-refractivity contribution in [2.45, 2.75) is 39.8 Å². The predicted octanol–water partition coefficient (Wildman–Crippen LogP) is 6.87. The molecule has 4 rings (SSSR count). The zero-order valence-corrected chi connectivity index (χ0v) is 22.5. The minimum atomic E-state index is 0.219. The summed E-state index contributed by atoms with van der Waals surface area (Å²) < 4.78 is 11.5. The molecule has 0 spiro atoms. The van der Waals surface area contributed by atoms with Crippen molar-refractivity contribution in [1.82, 2.24) is 15.2 Å². The Labute approximate surface area is 221 Å². The van der Waals surface area contributed by atoms with E-state index in [-0.39, 0.29) is 6.04 Å². The highest BCUT2D eigenvalue weighted by molar-refractivity contribution is 5.86. The Bertz CT molecular complexity index is 1260. The first-order valence-corrected chi connectivity index (χ1v) is 13.3. The molecule has 0 aliphatic heterocycles. The monoisotopic (exact) mass is 497 g/mol. The standard InChI is InChI=1S/C32H39N3O2/c1-5-35(6-2)19-10-20-37-32-18-16-27(23-34-32)30-21-25(15-17-31(30)36-4)22-33-24(3)28-14-9-12-26-11-7-8-13-29(26)28/h7-9,11-18,21,23-24,33H,5-6,10,19-20,22H2,1-4H3/t24-/m1/s1.